The van der Waals surface area contributed by atoms with Crippen LogP contribution in [0.2, 0.25) is 0 Å². The van der Waals surface area contributed by atoms with Gasteiger partial charge in [0, 0.05) is 30.4 Å². The van der Waals surface area contributed by atoms with Gasteiger partial charge in [-0.1, -0.05) is 17.2 Å². The number of alkyl halides is 1. The molecule has 6 heteroatoms. The van der Waals surface area contributed by atoms with Gasteiger partial charge in [0.15, 0.2) is 0 Å². The van der Waals surface area contributed by atoms with E-state index in [0.717, 1.165) is 16.8 Å². The fourth-order valence-electron chi connectivity index (χ4n) is 1.90. The third-order valence-corrected chi connectivity index (χ3v) is 3.11. The fourth-order valence-corrected chi connectivity index (χ4v) is 2.06. The lowest BCUT2D eigenvalue weighted by Crippen LogP contribution is -1.90. The summed E-state index contributed by atoms with van der Waals surface area (Å²) < 4.78 is 5.42. The molecule has 0 atom stereocenters. The number of aryl methyl sites for hydroxylation is 1. The normalized spacial score (nSPS) is 10.5. The zero-order valence-corrected chi connectivity index (χ0v) is 11.9. The van der Waals surface area contributed by atoms with E-state index < -0.39 is 0 Å². The Hall–Kier alpha value is -2.40. The molecule has 3 rings (SSSR count). The molecule has 0 amide bonds. The molecule has 21 heavy (non-hydrogen) atoms. The van der Waals surface area contributed by atoms with Crippen molar-refractivity contribution in [2.75, 3.05) is 11.2 Å². The van der Waals surface area contributed by atoms with E-state index in [1.807, 2.05) is 36.4 Å². The molecule has 2 heterocycles. The van der Waals surface area contributed by atoms with Crippen LogP contribution in [0.1, 0.15) is 5.89 Å². The number of nitrogens with zero attached hydrogens (tertiary/aromatic N) is 3. The van der Waals surface area contributed by atoms with E-state index >= 15 is 0 Å². The Kier molecular flexibility index (Phi) is 4.12. The number of rotatable bonds is 5. The minimum Gasteiger partial charge on any atom is -0.408 e. The lowest BCUT2D eigenvalue weighted by Gasteiger charge is -2.04. The molecular weight excluding hydrogens is 288 g/mol. The first-order valence-corrected chi connectivity index (χ1v) is 7.04. The predicted molar refractivity (Wildman–Crippen MR) is 81.7 cm³/mol. The van der Waals surface area contributed by atoms with E-state index in [1.165, 1.54) is 0 Å². The van der Waals surface area contributed by atoms with E-state index in [2.05, 4.69) is 20.5 Å². The van der Waals surface area contributed by atoms with Gasteiger partial charge in [-0.3, -0.25) is 4.98 Å². The average molecular weight is 301 g/mol. The second-order valence-electron chi connectivity index (χ2n) is 4.38. The molecule has 106 valence electrons. The second-order valence-corrected chi connectivity index (χ2v) is 4.76. The van der Waals surface area contributed by atoms with Crippen molar-refractivity contribution in [2.45, 2.75) is 6.42 Å². The topological polar surface area (TPSA) is 63.8 Å². The van der Waals surface area contributed by atoms with Crippen molar-refractivity contribution >= 4 is 23.3 Å². The third kappa shape index (κ3) is 3.38. The van der Waals surface area contributed by atoms with Gasteiger partial charge in [0.05, 0.1) is 0 Å². The number of nitrogens with one attached hydrogen (secondary N) is 1. The molecule has 5 nitrogen and oxygen atoms in total. The highest BCUT2D eigenvalue weighted by atomic mass is 35.5. The first-order chi connectivity index (χ1) is 10.3. The molecule has 0 radical (unpaired) electrons. The van der Waals surface area contributed by atoms with E-state index in [-0.39, 0.29) is 0 Å². The Bertz CT molecular complexity index is 697. The molecule has 0 saturated heterocycles. The Balaban J connectivity index is 1.72. The van der Waals surface area contributed by atoms with Gasteiger partial charge in [-0.15, -0.1) is 16.7 Å². The monoisotopic (exact) mass is 300 g/mol. The number of hydrogen-bond donors (Lipinski definition) is 1. The summed E-state index contributed by atoms with van der Waals surface area (Å²) in [6.07, 6.45) is 4.12. The number of anilines is 2. The molecule has 2 aromatic heterocycles. The maximum absolute atomic E-state index is 5.63. The van der Waals surface area contributed by atoms with Crippen LogP contribution in [-0.2, 0) is 6.42 Å². The van der Waals surface area contributed by atoms with Crippen molar-refractivity contribution < 1.29 is 4.42 Å². The molecule has 0 aliphatic rings. The summed E-state index contributed by atoms with van der Waals surface area (Å²) in [5.41, 5.74) is 3.13. The standard InChI is InChI=1S/C15H13ClN4O/c16-8-5-14-19-20-15(21-14)18-13-3-1-11(2-4-13)12-6-9-17-10-7-12/h1-4,6-7,9-10H,5,8H2,(H,18,20). The Morgan fingerprint density at radius 3 is 2.38 bits per heavy atom. The summed E-state index contributed by atoms with van der Waals surface area (Å²) in [4.78, 5) is 4.01. The number of aromatic nitrogens is 3. The first-order valence-electron chi connectivity index (χ1n) is 6.51. The number of hydrogen-bond acceptors (Lipinski definition) is 5. The van der Waals surface area contributed by atoms with Crippen LogP contribution in [0.3, 0.4) is 0 Å². The maximum Gasteiger partial charge on any atom is 0.320 e. The van der Waals surface area contributed by atoms with Gasteiger partial charge in [-0.25, -0.2) is 0 Å². The summed E-state index contributed by atoms with van der Waals surface area (Å²) in [5, 5.41) is 10.9. The van der Waals surface area contributed by atoms with Crippen LogP contribution in [0.15, 0.2) is 53.2 Å². The zero-order chi connectivity index (χ0) is 14.5. The molecule has 0 unspecified atom stereocenters. The van der Waals surface area contributed by atoms with Crippen molar-refractivity contribution in [3.63, 3.8) is 0 Å². The fraction of sp³-hybridized carbons (Fsp3) is 0.133. The Morgan fingerprint density at radius 2 is 1.67 bits per heavy atom. The van der Waals surface area contributed by atoms with Gasteiger partial charge in [0.25, 0.3) is 0 Å². The van der Waals surface area contributed by atoms with Gasteiger partial charge < -0.3 is 9.73 Å². The summed E-state index contributed by atoms with van der Waals surface area (Å²) in [5.74, 6) is 0.989. The van der Waals surface area contributed by atoms with Crippen LogP contribution >= 0.6 is 11.6 Å². The van der Waals surface area contributed by atoms with Crippen molar-refractivity contribution in [1.82, 2.24) is 15.2 Å². The van der Waals surface area contributed by atoms with Crippen molar-refractivity contribution in [3.05, 3.63) is 54.7 Å². The van der Waals surface area contributed by atoms with E-state index in [4.69, 9.17) is 16.0 Å². The summed E-state index contributed by atoms with van der Waals surface area (Å²) in [6.45, 7) is 0. The van der Waals surface area contributed by atoms with Crippen molar-refractivity contribution in [1.29, 1.82) is 0 Å². The molecular formula is C15H13ClN4O. The van der Waals surface area contributed by atoms with Gasteiger partial charge in [0.2, 0.25) is 5.89 Å². The number of halogens is 1. The first kappa shape index (κ1) is 13.6. The smallest absolute Gasteiger partial charge is 0.320 e. The summed E-state index contributed by atoms with van der Waals surface area (Å²) in [7, 11) is 0. The molecule has 0 aliphatic heterocycles. The molecule has 0 spiro atoms. The zero-order valence-electron chi connectivity index (χ0n) is 11.2. The lowest BCUT2D eigenvalue weighted by atomic mass is 10.1. The largest absolute Gasteiger partial charge is 0.408 e. The molecule has 1 N–H and O–H groups in total. The Labute approximate surface area is 127 Å². The van der Waals surface area contributed by atoms with Crippen LogP contribution in [0.4, 0.5) is 11.7 Å². The summed E-state index contributed by atoms with van der Waals surface area (Å²) in [6, 6.07) is 12.3. The number of benzene rings is 1. The molecule has 0 saturated carbocycles. The minimum atomic E-state index is 0.367. The molecule has 3 aromatic rings. The molecule has 0 aliphatic carbocycles. The Morgan fingerprint density at radius 1 is 0.952 bits per heavy atom. The lowest BCUT2D eigenvalue weighted by molar-refractivity contribution is 0.516. The van der Waals surface area contributed by atoms with E-state index in [1.54, 1.807) is 12.4 Å². The van der Waals surface area contributed by atoms with Crippen LogP contribution in [0, 0.1) is 0 Å². The molecule has 0 bridgehead atoms. The van der Waals surface area contributed by atoms with Crippen molar-refractivity contribution in [2.24, 2.45) is 0 Å². The van der Waals surface area contributed by atoms with Gasteiger partial charge in [-0.2, -0.15) is 0 Å². The van der Waals surface area contributed by atoms with Crippen LogP contribution in [0.5, 0.6) is 0 Å². The third-order valence-electron chi connectivity index (χ3n) is 2.93. The highest BCUT2D eigenvalue weighted by Gasteiger charge is 2.05. The van der Waals surface area contributed by atoms with E-state index in [0.29, 0.717) is 24.2 Å². The summed E-state index contributed by atoms with van der Waals surface area (Å²) >= 11 is 5.63. The van der Waals surface area contributed by atoms with Crippen LogP contribution < -0.4 is 5.32 Å². The highest BCUT2D eigenvalue weighted by Crippen LogP contribution is 2.22. The highest BCUT2D eigenvalue weighted by molar-refractivity contribution is 6.17. The van der Waals surface area contributed by atoms with Gasteiger partial charge in [-0.05, 0) is 35.4 Å². The average Bonchev–Trinajstić information content (AvgIpc) is 2.97. The van der Waals surface area contributed by atoms with Crippen molar-refractivity contribution in [3.8, 4) is 11.1 Å². The molecule has 1 aromatic carbocycles. The SMILES string of the molecule is ClCCc1nnc(Nc2ccc(-c3ccncc3)cc2)o1. The van der Waals surface area contributed by atoms with Crippen LogP contribution in [0.25, 0.3) is 11.1 Å². The van der Waals surface area contributed by atoms with E-state index in [9.17, 15) is 0 Å². The maximum atomic E-state index is 5.63. The van der Waals surface area contributed by atoms with Gasteiger partial charge in [0.1, 0.15) is 0 Å². The quantitative estimate of drug-likeness (QED) is 0.729. The second kappa shape index (κ2) is 6.37. The number of pyridine rings is 1. The molecule has 0 fully saturated rings. The predicted octanol–water partition coefficient (Wildman–Crippen LogP) is 3.66. The minimum absolute atomic E-state index is 0.367. The van der Waals surface area contributed by atoms with Crippen LogP contribution in [-0.4, -0.2) is 21.1 Å². The van der Waals surface area contributed by atoms with Gasteiger partial charge >= 0.3 is 6.01 Å².